The lowest BCUT2D eigenvalue weighted by Gasteiger charge is -2.25. The molecule has 0 aliphatic carbocycles. The molecule has 1 aromatic heterocycles. The Bertz CT molecular complexity index is 1350. The molecule has 10 heteroatoms. The topological polar surface area (TPSA) is 115 Å². The van der Waals surface area contributed by atoms with E-state index in [1.165, 1.54) is 36.3 Å². The Morgan fingerprint density at radius 1 is 1.22 bits per heavy atom. The van der Waals surface area contributed by atoms with Gasteiger partial charge in [-0.05, 0) is 54.6 Å². The van der Waals surface area contributed by atoms with E-state index in [0.717, 1.165) is 6.26 Å². The fourth-order valence-electron chi connectivity index (χ4n) is 3.41. The highest BCUT2D eigenvalue weighted by atomic mass is 32.2. The Labute approximate surface area is 184 Å². The number of sulfone groups is 1. The van der Waals surface area contributed by atoms with Crippen molar-refractivity contribution in [3.05, 3.63) is 64.8 Å². The highest BCUT2D eigenvalue weighted by Gasteiger charge is 2.43. The van der Waals surface area contributed by atoms with Gasteiger partial charge in [-0.1, -0.05) is 6.07 Å². The number of aryl methyl sites for hydroxylation is 1. The summed E-state index contributed by atoms with van der Waals surface area (Å²) in [5.74, 6) is -1.13. The van der Waals surface area contributed by atoms with Gasteiger partial charge in [-0.3, -0.25) is 14.8 Å². The molecule has 0 saturated heterocycles. The molecule has 0 aliphatic heterocycles. The summed E-state index contributed by atoms with van der Waals surface area (Å²) in [7, 11) is -2.43. The summed E-state index contributed by atoms with van der Waals surface area (Å²) < 4.78 is 43.1. The van der Waals surface area contributed by atoms with Crippen molar-refractivity contribution in [3.63, 3.8) is 0 Å². The van der Waals surface area contributed by atoms with Gasteiger partial charge in [0.25, 0.3) is 11.5 Å². The van der Waals surface area contributed by atoms with Crippen LogP contribution in [0.4, 0.5) is 4.39 Å². The second-order valence-corrected chi connectivity index (χ2v) is 10.1. The molecule has 0 spiro atoms. The van der Waals surface area contributed by atoms with Crippen molar-refractivity contribution in [3.8, 4) is 16.9 Å². The van der Waals surface area contributed by atoms with E-state index in [0.29, 0.717) is 27.6 Å². The molecule has 0 radical (unpaired) electrons. The number of benzene rings is 2. The van der Waals surface area contributed by atoms with Crippen LogP contribution in [-0.2, 0) is 21.2 Å². The van der Waals surface area contributed by atoms with E-state index < -0.39 is 26.3 Å². The van der Waals surface area contributed by atoms with Crippen LogP contribution in [0.15, 0.2) is 53.5 Å². The Morgan fingerprint density at radius 3 is 2.53 bits per heavy atom. The molecule has 0 fully saturated rings. The molecule has 2 N–H and O–H groups in total. The molecule has 1 unspecified atom stereocenters. The van der Waals surface area contributed by atoms with Crippen LogP contribution in [0.5, 0.6) is 5.75 Å². The van der Waals surface area contributed by atoms with Crippen molar-refractivity contribution in [2.24, 2.45) is 0 Å². The van der Waals surface area contributed by atoms with Crippen LogP contribution in [0, 0.1) is 5.82 Å². The smallest absolute Gasteiger partial charge is 0.264 e. The number of nitrogens with one attached hydrogen (secondary N) is 1. The second kappa shape index (κ2) is 8.71. The summed E-state index contributed by atoms with van der Waals surface area (Å²) in [6, 6.07) is 11.1. The van der Waals surface area contributed by atoms with E-state index in [-0.39, 0.29) is 18.5 Å². The van der Waals surface area contributed by atoms with Crippen molar-refractivity contribution in [1.82, 2.24) is 10.0 Å². The number of amides is 1. The lowest BCUT2D eigenvalue weighted by molar-refractivity contribution is -0.131. The van der Waals surface area contributed by atoms with Gasteiger partial charge in [-0.15, -0.1) is 0 Å². The first-order valence-corrected chi connectivity index (χ1v) is 11.5. The monoisotopic (exact) mass is 462 g/mol. The van der Waals surface area contributed by atoms with Gasteiger partial charge in [0.2, 0.25) is 0 Å². The molecular weight excluding hydrogens is 439 g/mol. The molecule has 2 aromatic carbocycles. The van der Waals surface area contributed by atoms with Crippen molar-refractivity contribution in [2.45, 2.75) is 24.6 Å². The molecular formula is C22H23FN2O6S. The molecule has 0 bridgehead atoms. The molecule has 1 heterocycles. The molecule has 0 aliphatic rings. The van der Waals surface area contributed by atoms with Gasteiger partial charge in [0, 0.05) is 36.0 Å². The molecule has 170 valence electrons. The van der Waals surface area contributed by atoms with Gasteiger partial charge in [-0.25, -0.2) is 18.3 Å². The van der Waals surface area contributed by atoms with Crippen LogP contribution in [0.3, 0.4) is 0 Å². The van der Waals surface area contributed by atoms with Gasteiger partial charge in [0.05, 0.1) is 7.11 Å². The summed E-state index contributed by atoms with van der Waals surface area (Å²) in [6.45, 7) is 1.12. The van der Waals surface area contributed by atoms with Crippen LogP contribution < -0.4 is 15.8 Å². The summed E-state index contributed by atoms with van der Waals surface area (Å²) in [4.78, 5) is 24.9. The number of rotatable bonds is 7. The lowest BCUT2D eigenvalue weighted by Crippen LogP contribution is -2.49. The van der Waals surface area contributed by atoms with Crippen LogP contribution in [0.1, 0.15) is 13.3 Å². The third-order valence-corrected chi connectivity index (χ3v) is 7.72. The summed E-state index contributed by atoms with van der Waals surface area (Å²) >= 11 is 0. The summed E-state index contributed by atoms with van der Waals surface area (Å²) in [6.07, 6.45) is 2.16. The zero-order chi connectivity index (χ0) is 23.7. The normalized spacial score (nSPS) is 13.5. The molecule has 3 aromatic rings. The van der Waals surface area contributed by atoms with Crippen LogP contribution in [0.2, 0.25) is 0 Å². The van der Waals surface area contributed by atoms with Crippen molar-refractivity contribution < 1.29 is 27.5 Å². The SMILES string of the molecule is COc1ccc(-c2ccc3c(=O)n(CCC(C)(C(=O)NO)S(C)(=O)=O)ccc3c2)c(F)c1. The lowest BCUT2D eigenvalue weighted by atomic mass is 10.0. The average molecular weight is 462 g/mol. The maximum absolute atomic E-state index is 14.4. The van der Waals surface area contributed by atoms with E-state index >= 15 is 0 Å². The first-order chi connectivity index (χ1) is 15.0. The van der Waals surface area contributed by atoms with Crippen LogP contribution in [-0.4, -0.2) is 42.2 Å². The standard InChI is InChI=1S/C22H23FN2O6S/c1-22(21(27)24-28,32(3,29)30)9-11-25-10-8-15-12-14(4-6-18(15)20(25)26)17-7-5-16(31-2)13-19(17)23/h4-8,10,12-13,28H,9,11H2,1-3H3,(H,24,27). The first kappa shape index (κ1) is 23.4. The number of halogens is 1. The zero-order valence-electron chi connectivity index (χ0n) is 17.8. The van der Waals surface area contributed by atoms with E-state index in [1.807, 2.05) is 0 Å². The maximum Gasteiger partial charge on any atom is 0.264 e. The molecule has 32 heavy (non-hydrogen) atoms. The Morgan fingerprint density at radius 2 is 1.94 bits per heavy atom. The van der Waals surface area contributed by atoms with E-state index in [9.17, 15) is 22.4 Å². The Kier molecular flexibility index (Phi) is 6.38. The Hall–Kier alpha value is -3.24. The molecule has 3 rings (SSSR count). The minimum absolute atomic E-state index is 0.0688. The second-order valence-electron chi connectivity index (χ2n) is 7.66. The number of hydrogen-bond donors (Lipinski definition) is 2. The number of carbonyl (C=O) groups excluding carboxylic acids is 1. The molecule has 8 nitrogen and oxygen atoms in total. The minimum atomic E-state index is -3.88. The third-order valence-electron chi connectivity index (χ3n) is 5.69. The maximum atomic E-state index is 14.4. The van der Waals surface area contributed by atoms with Gasteiger partial charge >= 0.3 is 0 Å². The van der Waals surface area contributed by atoms with E-state index in [2.05, 4.69) is 0 Å². The molecule has 0 saturated carbocycles. The number of pyridine rings is 1. The highest BCUT2D eigenvalue weighted by Crippen LogP contribution is 2.28. The van der Waals surface area contributed by atoms with Gasteiger partial charge in [0.15, 0.2) is 14.6 Å². The summed E-state index contributed by atoms with van der Waals surface area (Å²) in [5.41, 5.74) is 1.94. The number of hydroxylamine groups is 1. The number of methoxy groups -OCH3 is 1. The van der Waals surface area contributed by atoms with Crippen molar-refractivity contribution in [1.29, 1.82) is 0 Å². The first-order valence-electron chi connectivity index (χ1n) is 9.63. The van der Waals surface area contributed by atoms with E-state index in [1.54, 1.807) is 36.4 Å². The largest absolute Gasteiger partial charge is 0.497 e. The number of nitrogens with zero attached hydrogens (tertiary/aromatic N) is 1. The van der Waals surface area contributed by atoms with Crippen molar-refractivity contribution >= 4 is 26.5 Å². The molecule has 1 atom stereocenters. The van der Waals surface area contributed by atoms with E-state index in [4.69, 9.17) is 9.94 Å². The predicted molar refractivity (Wildman–Crippen MR) is 118 cm³/mol. The quantitative estimate of drug-likeness (QED) is 0.412. The van der Waals surface area contributed by atoms with Gasteiger partial charge in [0.1, 0.15) is 11.6 Å². The third kappa shape index (κ3) is 4.23. The average Bonchev–Trinajstić information content (AvgIpc) is 2.76. The van der Waals surface area contributed by atoms with Crippen molar-refractivity contribution in [2.75, 3.05) is 13.4 Å². The number of carbonyl (C=O) groups is 1. The predicted octanol–water partition coefficient (Wildman–Crippen LogP) is 2.52. The van der Waals surface area contributed by atoms with Gasteiger partial charge < -0.3 is 9.30 Å². The fourth-order valence-corrected chi connectivity index (χ4v) is 4.25. The number of ether oxygens (including phenoxy) is 1. The molecule has 1 amide bonds. The zero-order valence-corrected chi connectivity index (χ0v) is 18.6. The number of fused-ring (bicyclic) bond motifs is 1. The van der Waals surface area contributed by atoms with Crippen LogP contribution in [0.25, 0.3) is 21.9 Å². The van der Waals surface area contributed by atoms with Crippen LogP contribution >= 0.6 is 0 Å². The Balaban J connectivity index is 1.95. The minimum Gasteiger partial charge on any atom is -0.497 e. The number of hydrogen-bond acceptors (Lipinski definition) is 6. The van der Waals surface area contributed by atoms with Gasteiger partial charge in [-0.2, -0.15) is 0 Å². The highest BCUT2D eigenvalue weighted by molar-refractivity contribution is 7.92. The summed E-state index contributed by atoms with van der Waals surface area (Å²) in [5, 5.41) is 9.87. The number of aromatic nitrogens is 1. The fraction of sp³-hybridized carbons (Fsp3) is 0.273.